The summed E-state index contributed by atoms with van der Waals surface area (Å²) in [5.41, 5.74) is 3.16. The fraction of sp³-hybridized carbons (Fsp3) is 0.154. The van der Waals surface area contributed by atoms with Crippen molar-refractivity contribution in [3.8, 4) is 5.75 Å². The number of hydrogen-bond acceptors (Lipinski definition) is 4. The molecule has 2 amide bonds. The van der Waals surface area contributed by atoms with Crippen LogP contribution in [-0.2, 0) is 9.59 Å². The molecule has 33 heavy (non-hydrogen) atoms. The van der Waals surface area contributed by atoms with Crippen molar-refractivity contribution in [2.75, 3.05) is 16.8 Å². The molecule has 0 aliphatic carbocycles. The lowest BCUT2D eigenvalue weighted by Gasteiger charge is -2.16. The number of amides is 2. The smallest absolute Gasteiger partial charge is 0.282 e. The molecule has 7 heteroatoms. The zero-order valence-corrected chi connectivity index (χ0v) is 18.4. The number of hydrogen-bond donors (Lipinski definition) is 1. The van der Waals surface area contributed by atoms with E-state index in [0.29, 0.717) is 23.6 Å². The van der Waals surface area contributed by atoms with E-state index in [9.17, 15) is 18.4 Å². The second-order valence-electron chi connectivity index (χ2n) is 7.68. The van der Waals surface area contributed by atoms with Gasteiger partial charge < -0.3 is 10.1 Å². The average molecular weight is 448 g/mol. The third-order valence-corrected chi connectivity index (χ3v) is 5.46. The maximum absolute atomic E-state index is 13.8. The summed E-state index contributed by atoms with van der Waals surface area (Å²) < 4.78 is 32.7. The number of imide groups is 1. The number of carbonyl (C=O) groups is 2. The van der Waals surface area contributed by atoms with Gasteiger partial charge in [-0.25, -0.2) is 13.7 Å². The van der Waals surface area contributed by atoms with E-state index in [1.165, 1.54) is 6.07 Å². The molecule has 1 aliphatic rings. The Morgan fingerprint density at radius 2 is 1.67 bits per heavy atom. The van der Waals surface area contributed by atoms with Crippen LogP contribution in [0.25, 0.3) is 5.57 Å². The first-order valence-electron chi connectivity index (χ1n) is 10.5. The van der Waals surface area contributed by atoms with Gasteiger partial charge in [-0.1, -0.05) is 24.3 Å². The van der Waals surface area contributed by atoms with Crippen molar-refractivity contribution in [3.63, 3.8) is 0 Å². The van der Waals surface area contributed by atoms with E-state index in [-0.39, 0.29) is 17.0 Å². The van der Waals surface area contributed by atoms with E-state index in [1.54, 1.807) is 30.3 Å². The molecule has 0 bridgehead atoms. The molecule has 0 spiro atoms. The van der Waals surface area contributed by atoms with Crippen LogP contribution in [0.1, 0.15) is 23.6 Å². The highest BCUT2D eigenvalue weighted by molar-refractivity contribution is 6.46. The Morgan fingerprint density at radius 3 is 2.36 bits per heavy atom. The van der Waals surface area contributed by atoms with E-state index in [1.807, 2.05) is 32.9 Å². The minimum atomic E-state index is -1.06. The zero-order chi connectivity index (χ0) is 23.7. The number of benzene rings is 3. The van der Waals surface area contributed by atoms with E-state index >= 15 is 0 Å². The standard InChI is InChI=1S/C26H22F2N2O3/c1-4-33-20-7-5-6-19(14-20)30-25(31)23(17-9-8-15(2)16(3)12-17)24(26(30)32)29-18-10-11-21(27)22(28)13-18/h5-14,29H,4H2,1-3H3. The Hall–Kier alpha value is -4.00. The fourth-order valence-electron chi connectivity index (χ4n) is 3.64. The van der Waals surface area contributed by atoms with Crippen molar-refractivity contribution in [2.24, 2.45) is 0 Å². The van der Waals surface area contributed by atoms with Gasteiger partial charge in [-0.2, -0.15) is 0 Å². The largest absolute Gasteiger partial charge is 0.494 e. The number of nitrogens with one attached hydrogen (secondary N) is 1. The number of aryl methyl sites for hydroxylation is 2. The van der Waals surface area contributed by atoms with Crippen molar-refractivity contribution < 1.29 is 23.1 Å². The Kier molecular flexibility index (Phi) is 5.96. The van der Waals surface area contributed by atoms with Gasteiger partial charge >= 0.3 is 0 Å². The number of carbonyl (C=O) groups excluding carboxylic acids is 2. The molecule has 0 saturated carbocycles. The highest BCUT2D eigenvalue weighted by atomic mass is 19.2. The molecule has 0 saturated heterocycles. The predicted octanol–water partition coefficient (Wildman–Crippen LogP) is 5.38. The van der Waals surface area contributed by atoms with Crippen molar-refractivity contribution in [2.45, 2.75) is 20.8 Å². The number of rotatable bonds is 6. The highest BCUT2D eigenvalue weighted by Gasteiger charge is 2.40. The first-order chi connectivity index (χ1) is 15.8. The lowest BCUT2D eigenvalue weighted by molar-refractivity contribution is -0.120. The van der Waals surface area contributed by atoms with E-state index in [4.69, 9.17) is 4.74 Å². The number of nitrogens with zero attached hydrogens (tertiary/aromatic N) is 1. The summed E-state index contributed by atoms with van der Waals surface area (Å²) in [6, 6.07) is 15.3. The lowest BCUT2D eigenvalue weighted by Crippen LogP contribution is -2.32. The maximum Gasteiger partial charge on any atom is 0.282 e. The molecular weight excluding hydrogens is 426 g/mol. The second kappa shape index (κ2) is 8.86. The Balaban J connectivity index is 1.82. The van der Waals surface area contributed by atoms with Crippen LogP contribution in [0.2, 0.25) is 0 Å². The third kappa shape index (κ3) is 4.22. The van der Waals surface area contributed by atoms with Gasteiger partial charge in [-0.3, -0.25) is 9.59 Å². The lowest BCUT2D eigenvalue weighted by atomic mass is 9.99. The number of ether oxygens (including phenoxy) is 1. The molecule has 3 aromatic rings. The number of halogens is 2. The molecule has 1 N–H and O–H groups in total. The summed E-state index contributed by atoms with van der Waals surface area (Å²) in [4.78, 5) is 28.0. The Morgan fingerprint density at radius 1 is 0.879 bits per heavy atom. The molecule has 1 aliphatic heterocycles. The van der Waals surface area contributed by atoms with Gasteiger partial charge in [0, 0.05) is 17.8 Å². The summed E-state index contributed by atoms with van der Waals surface area (Å²) in [6.07, 6.45) is 0. The molecule has 168 valence electrons. The van der Waals surface area contributed by atoms with Crippen LogP contribution < -0.4 is 15.0 Å². The first kappa shape index (κ1) is 22.2. The average Bonchev–Trinajstić information content (AvgIpc) is 3.02. The van der Waals surface area contributed by atoms with Crippen LogP contribution >= 0.6 is 0 Å². The summed E-state index contributed by atoms with van der Waals surface area (Å²) >= 11 is 0. The maximum atomic E-state index is 13.8. The van der Waals surface area contributed by atoms with Crippen molar-refractivity contribution in [3.05, 3.63) is 94.7 Å². The molecule has 0 unspecified atom stereocenters. The van der Waals surface area contributed by atoms with Crippen LogP contribution in [0.3, 0.4) is 0 Å². The fourth-order valence-corrected chi connectivity index (χ4v) is 3.64. The molecule has 4 rings (SSSR count). The Labute approximate surface area is 190 Å². The normalized spacial score (nSPS) is 13.7. The third-order valence-electron chi connectivity index (χ3n) is 5.46. The molecule has 0 fully saturated rings. The van der Waals surface area contributed by atoms with Crippen LogP contribution in [0.4, 0.5) is 20.2 Å². The molecular formula is C26H22F2N2O3. The molecule has 0 atom stereocenters. The van der Waals surface area contributed by atoms with Crippen molar-refractivity contribution >= 4 is 28.8 Å². The van der Waals surface area contributed by atoms with Gasteiger partial charge in [0.1, 0.15) is 11.4 Å². The van der Waals surface area contributed by atoms with Gasteiger partial charge in [0.2, 0.25) is 0 Å². The van der Waals surface area contributed by atoms with Gasteiger partial charge in [-0.05, 0) is 61.7 Å². The summed E-state index contributed by atoms with van der Waals surface area (Å²) in [5, 5.41) is 2.84. The highest BCUT2D eigenvalue weighted by Crippen LogP contribution is 2.35. The molecule has 1 heterocycles. The van der Waals surface area contributed by atoms with Gasteiger partial charge in [0.15, 0.2) is 11.6 Å². The van der Waals surface area contributed by atoms with Gasteiger partial charge in [0.05, 0.1) is 17.9 Å². The van der Waals surface area contributed by atoms with Crippen molar-refractivity contribution in [1.29, 1.82) is 0 Å². The van der Waals surface area contributed by atoms with Crippen LogP contribution in [0, 0.1) is 25.5 Å². The minimum absolute atomic E-state index is 0.0175. The van der Waals surface area contributed by atoms with Gasteiger partial charge in [-0.15, -0.1) is 0 Å². The van der Waals surface area contributed by atoms with Crippen molar-refractivity contribution in [1.82, 2.24) is 0 Å². The van der Waals surface area contributed by atoms with Crippen LogP contribution in [0.15, 0.2) is 66.4 Å². The second-order valence-corrected chi connectivity index (χ2v) is 7.68. The topological polar surface area (TPSA) is 58.6 Å². The summed E-state index contributed by atoms with van der Waals surface area (Å²) in [7, 11) is 0. The van der Waals surface area contributed by atoms with Crippen LogP contribution in [-0.4, -0.2) is 18.4 Å². The quantitative estimate of drug-likeness (QED) is 0.515. The summed E-state index contributed by atoms with van der Waals surface area (Å²) in [5.74, 6) is -2.68. The summed E-state index contributed by atoms with van der Waals surface area (Å²) in [6.45, 7) is 6.12. The van der Waals surface area contributed by atoms with Crippen LogP contribution in [0.5, 0.6) is 5.75 Å². The predicted molar refractivity (Wildman–Crippen MR) is 123 cm³/mol. The molecule has 3 aromatic carbocycles. The van der Waals surface area contributed by atoms with E-state index < -0.39 is 23.4 Å². The van der Waals surface area contributed by atoms with E-state index in [2.05, 4.69) is 5.32 Å². The molecule has 0 radical (unpaired) electrons. The monoisotopic (exact) mass is 448 g/mol. The Bertz CT molecular complexity index is 1300. The molecule has 5 nitrogen and oxygen atoms in total. The SMILES string of the molecule is CCOc1cccc(N2C(=O)C(Nc3ccc(F)c(F)c3)=C(c3ccc(C)c(C)c3)C2=O)c1. The molecule has 0 aromatic heterocycles. The minimum Gasteiger partial charge on any atom is -0.494 e. The van der Waals surface area contributed by atoms with E-state index in [0.717, 1.165) is 28.2 Å². The first-order valence-corrected chi connectivity index (χ1v) is 10.5. The van der Waals surface area contributed by atoms with Gasteiger partial charge in [0.25, 0.3) is 11.8 Å². The zero-order valence-electron chi connectivity index (χ0n) is 18.4. The number of anilines is 2.